The first-order chi connectivity index (χ1) is 9.99. The molecule has 1 unspecified atom stereocenters. The van der Waals surface area contributed by atoms with Gasteiger partial charge in [-0.1, -0.05) is 35.3 Å². The van der Waals surface area contributed by atoms with Crippen molar-refractivity contribution < 1.29 is 13.9 Å². The number of hydrogen-bond acceptors (Lipinski definition) is 2. The molecular weight excluding hydrogens is 338 g/mol. The highest BCUT2D eigenvalue weighted by atomic mass is 35.5. The van der Waals surface area contributed by atoms with Gasteiger partial charge in [-0.25, -0.2) is 4.39 Å². The number of hydrogen-bond donors (Lipinski definition) is 0. The second-order valence-corrected chi connectivity index (χ2v) is 5.46. The van der Waals surface area contributed by atoms with Crippen molar-refractivity contribution in [2.45, 2.75) is 5.38 Å². The third kappa shape index (κ3) is 3.20. The van der Waals surface area contributed by atoms with Gasteiger partial charge in [-0.05, 0) is 23.3 Å². The van der Waals surface area contributed by atoms with Gasteiger partial charge in [0, 0.05) is 11.1 Å². The summed E-state index contributed by atoms with van der Waals surface area (Å²) in [7, 11) is 3.02. The van der Waals surface area contributed by atoms with E-state index in [1.165, 1.54) is 20.3 Å². The highest BCUT2D eigenvalue weighted by molar-refractivity contribution is 6.35. The van der Waals surface area contributed by atoms with E-state index in [-0.39, 0.29) is 5.02 Å². The monoisotopic (exact) mass is 348 g/mol. The number of ether oxygens (including phenoxy) is 2. The number of rotatable bonds is 4. The van der Waals surface area contributed by atoms with Gasteiger partial charge < -0.3 is 9.47 Å². The molecule has 0 heterocycles. The van der Waals surface area contributed by atoms with Gasteiger partial charge in [0.15, 0.2) is 11.5 Å². The molecule has 6 heteroatoms. The lowest BCUT2D eigenvalue weighted by Gasteiger charge is -2.17. The summed E-state index contributed by atoms with van der Waals surface area (Å²) in [4.78, 5) is 0. The zero-order valence-electron chi connectivity index (χ0n) is 11.3. The minimum Gasteiger partial charge on any atom is -0.493 e. The van der Waals surface area contributed by atoms with E-state index in [1.54, 1.807) is 24.3 Å². The molecule has 1 atom stereocenters. The molecule has 0 aliphatic rings. The fourth-order valence-corrected chi connectivity index (χ4v) is 2.92. The van der Waals surface area contributed by atoms with Gasteiger partial charge in [-0.15, -0.1) is 11.6 Å². The Morgan fingerprint density at radius 3 is 2.24 bits per heavy atom. The van der Waals surface area contributed by atoms with E-state index >= 15 is 0 Å². The topological polar surface area (TPSA) is 18.5 Å². The second-order valence-electron chi connectivity index (χ2n) is 4.23. The summed E-state index contributed by atoms with van der Waals surface area (Å²) < 4.78 is 23.9. The first kappa shape index (κ1) is 16.2. The van der Waals surface area contributed by atoms with Gasteiger partial charge in [0.1, 0.15) is 5.82 Å². The van der Waals surface area contributed by atoms with E-state index in [0.717, 1.165) is 0 Å². The Morgan fingerprint density at radius 2 is 1.62 bits per heavy atom. The second kappa shape index (κ2) is 6.73. The van der Waals surface area contributed by atoms with Gasteiger partial charge in [-0.2, -0.15) is 0 Å². The molecule has 2 aromatic carbocycles. The van der Waals surface area contributed by atoms with Crippen molar-refractivity contribution >= 4 is 34.8 Å². The smallest absolute Gasteiger partial charge is 0.162 e. The van der Waals surface area contributed by atoms with Crippen LogP contribution in [-0.4, -0.2) is 14.2 Å². The Kier molecular flexibility index (Phi) is 5.20. The summed E-state index contributed by atoms with van der Waals surface area (Å²) in [6, 6.07) is 7.71. The molecule has 2 rings (SSSR count). The SMILES string of the molecule is COc1cc(Cl)c(C(Cl)c2cccc(F)c2Cl)cc1OC. The van der Waals surface area contributed by atoms with E-state index in [2.05, 4.69) is 0 Å². The fourth-order valence-electron chi connectivity index (χ4n) is 1.95. The Balaban J connectivity index is 2.53. The van der Waals surface area contributed by atoms with Crippen molar-refractivity contribution in [3.63, 3.8) is 0 Å². The number of methoxy groups -OCH3 is 2. The molecule has 0 spiro atoms. The van der Waals surface area contributed by atoms with Crippen LogP contribution in [0.25, 0.3) is 0 Å². The lowest BCUT2D eigenvalue weighted by Crippen LogP contribution is -1.99. The van der Waals surface area contributed by atoms with Crippen molar-refractivity contribution in [1.29, 1.82) is 0 Å². The summed E-state index contributed by atoms with van der Waals surface area (Å²) in [6.07, 6.45) is 0. The molecule has 2 nitrogen and oxygen atoms in total. The molecular formula is C15H12Cl3FO2. The summed E-state index contributed by atoms with van der Waals surface area (Å²) in [5.74, 6) is 0.437. The van der Waals surface area contributed by atoms with E-state index in [0.29, 0.717) is 27.6 Å². The molecule has 0 saturated carbocycles. The predicted molar refractivity (Wildman–Crippen MR) is 83.7 cm³/mol. The zero-order valence-corrected chi connectivity index (χ0v) is 13.6. The van der Waals surface area contributed by atoms with Gasteiger partial charge in [0.25, 0.3) is 0 Å². The minimum absolute atomic E-state index is 0.0247. The molecule has 0 amide bonds. The van der Waals surface area contributed by atoms with Crippen LogP contribution in [0.1, 0.15) is 16.5 Å². The molecule has 2 aromatic rings. The molecule has 0 aliphatic heterocycles. The molecule has 0 radical (unpaired) electrons. The Labute approximate surface area is 137 Å². The molecule has 0 aliphatic carbocycles. The Hall–Kier alpha value is -1.16. The predicted octanol–water partition coefficient (Wildman–Crippen LogP) is 5.48. The first-order valence-electron chi connectivity index (χ1n) is 5.99. The standard InChI is InChI=1S/C15H12Cl3FO2/c1-20-12-6-9(10(16)7-13(12)21-2)14(17)8-4-3-5-11(19)15(8)18/h3-7,14H,1-2H3. The molecule has 0 saturated heterocycles. The van der Waals surface area contributed by atoms with Crippen molar-refractivity contribution in [2.24, 2.45) is 0 Å². The molecule has 21 heavy (non-hydrogen) atoms. The highest BCUT2D eigenvalue weighted by Gasteiger charge is 2.21. The van der Waals surface area contributed by atoms with E-state index in [4.69, 9.17) is 44.3 Å². The Morgan fingerprint density at radius 1 is 1.00 bits per heavy atom. The largest absolute Gasteiger partial charge is 0.493 e. The maximum Gasteiger partial charge on any atom is 0.162 e. The molecule has 0 fully saturated rings. The lowest BCUT2D eigenvalue weighted by atomic mass is 10.0. The number of alkyl halides is 1. The quantitative estimate of drug-likeness (QED) is 0.681. The van der Waals surface area contributed by atoms with E-state index in [1.807, 2.05) is 0 Å². The van der Waals surface area contributed by atoms with Crippen molar-refractivity contribution in [1.82, 2.24) is 0 Å². The summed E-state index contributed by atoms with van der Waals surface area (Å²) in [5, 5.41) is -0.350. The normalized spacial score (nSPS) is 12.1. The van der Waals surface area contributed by atoms with Crippen molar-refractivity contribution in [3.05, 3.63) is 57.3 Å². The van der Waals surface area contributed by atoms with Gasteiger partial charge >= 0.3 is 0 Å². The maximum absolute atomic E-state index is 13.6. The van der Waals surface area contributed by atoms with Gasteiger partial charge in [-0.3, -0.25) is 0 Å². The highest BCUT2D eigenvalue weighted by Crippen LogP contribution is 2.42. The molecule has 0 N–H and O–H groups in total. The van der Waals surface area contributed by atoms with Crippen LogP contribution >= 0.6 is 34.8 Å². The van der Waals surface area contributed by atoms with Crippen molar-refractivity contribution in [2.75, 3.05) is 14.2 Å². The van der Waals surface area contributed by atoms with Crippen LogP contribution in [0.3, 0.4) is 0 Å². The average molecular weight is 350 g/mol. The third-order valence-corrected chi connectivity index (χ3v) is 4.23. The van der Waals surface area contributed by atoms with Crippen LogP contribution < -0.4 is 9.47 Å². The van der Waals surface area contributed by atoms with Crippen LogP contribution in [0.5, 0.6) is 11.5 Å². The van der Waals surface area contributed by atoms with E-state index < -0.39 is 11.2 Å². The third-order valence-electron chi connectivity index (χ3n) is 3.03. The number of benzene rings is 2. The average Bonchev–Trinajstić information content (AvgIpc) is 2.49. The summed E-state index contributed by atoms with van der Waals surface area (Å²) in [5.41, 5.74) is 0.996. The first-order valence-corrected chi connectivity index (χ1v) is 7.18. The van der Waals surface area contributed by atoms with Crippen LogP contribution in [0.2, 0.25) is 10.0 Å². The van der Waals surface area contributed by atoms with Crippen LogP contribution in [0, 0.1) is 5.82 Å². The molecule has 0 aromatic heterocycles. The molecule has 112 valence electrons. The fraction of sp³-hybridized carbons (Fsp3) is 0.200. The van der Waals surface area contributed by atoms with Crippen LogP contribution in [0.15, 0.2) is 30.3 Å². The van der Waals surface area contributed by atoms with Crippen LogP contribution in [-0.2, 0) is 0 Å². The lowest BCUT2D eigenvalue weighted by molar-refractivity contribution is 0.354. The van der Waals surface area contributed by atoms with Crippen molar-refractivity contribution in [3.8, 4) is 11.5 Å². The maximum atomic E-state index is 13.6. The van der Waals surface area contributed by atoms with Crippen LogP contribution in [0.4, 0.5) is 4.39 Å². The zero-order chi connectivity index (χ0) is 15.6. The summed E-state index contributed by atoms with van der Waals surface area (Å²) in [6.45, 7) is 0. The summed E-state index contributed by atoms with van der Waals surface area (Å²) >= 11 is 18.6. The number of halogens is 4. The van der Waals surface area contributed by atoms with Gasteiger partial charge in [0.2, 0.25) is 0 Å². The van der Waals surface area contributed by atoms with E-state index in [9.17, 15) is 4.39 Å². The van der Waals surface area contributed by atoms with Gasteiger partial charge in [0.05, 0.1) is 24.6 Å². The minimum atomic E-state index is -0.708. The molecule has 0 bridgehead atoms. The Bertz CT molecular complexity index is 662.